The molecule has 0 amide bonds. The van der Waals surface area contributed by atoms with Gasteiger partial charge in [0.25, 0.3) is 0 Å². The first-order valence-electron chi connectivity index (χ1n) is 6.09. The summed E-state index contributed by atoms with van der Waals surface area (Å²) in [4.78, 5) is 19.7. The van der Waals surface area contributed by atoms with E-state index < -0.39 is 0 Å². The molecule has 0 aliphatic rings. The van der Waals surface area contributed by atoms with E-state index in [0.29, 0.717) is 21.7 Å². The molecule has 2 aromatic rings. The molecule has 0 spiro atoms. The predicted molar refractivity (Wildman–Crippen MR) is 75.3 cm³/mol. The number of aromatic amines is 1. The van der Waals surface area contributed by atoms with Crippen LogP contribution in [0.5, 0.6) is 5.75 Å². The molecule has 20 heavy (non-hydrogen) atoms. The van der Waals surface area contributed by atoms with Crippen LogP contribution in [0, 0.1) is 0 Å². The van der Waals surface area contributed by atoms with E-state index in [2.05, 4.69) is 32.4 Å². The molecular formula is C11H16N6O2S. The Morgan fingerprint density at radius 1 is 1.50 bits per heavy atom. The van der Waals surface area contributed by atoms with Gasteiger partial charge in [-0.25, -0.2) is 19.9 Å². The number of hydrogen-bond donors (Lipinski definition) is 2. The lowest BCUT2D eigenvalue weighted by Gasteiger charge is -2.11. The maximum atomic E-state index is 11.3. The molecule has 0 aliphatic heterocycles. The van der Waals surface area contributed by atoms with Crippen LogP contribution in [0.25, 0.3) is 0 Å². The van der Waals surface area contributed by atoms with E-state index in [-0.39, 0.29) is 5.69 Å². The summed E-state index contributed by atoms with van der Waals surface area (Å²) in [5, 5.41) is 10.6. The SMILES string of the molecule is CCCNc1ncnc(Sc2n[nH]c(=O)n2C)c1OC. The van der Waals surface area contributed by atoms with Crippen molar-refractivity contribution >= 4 is 17.6 Å². The highest BCUT2D eigenvalue weighted by atomic mass is 32.2. The van der Waals surface area contributed by atoms with Gasteiger partial charge in [-0.15, -0.1) is 5.10 Å². The van der Waals surface area contributed by atoms with Crippen LogP contribution in [-0.4, -0.2) is 38.4 Å². The summed E-state index contributed by atoms with van der Waals surface area (Å²) in [5.74, 6) is 1.17. The molecule has 2 rings (SSSR count). The van der Waals surface area contributed by atoms with Gasteiger partial charge in [-0.1, -0.05) is 6.92 Å². The van der Waals surface area contributed by atoms with Gasteiger partial charge in [0, 0.05) is 13.6 Å². The minimum absolute atomic E-state index is 0.273. The molecule has 108 valence electrons. The molecule has 0 bridgehead atoms. The molecule has 0 aliphatic carbocycles. The summed E-state index contributed by atoms with van der Waals surface area (Å²) in [7, 11) is 3.20. The van der Waals surface area contributed by atoms with E-state index in [0.717, 1.165) is 13.0 Å². The monoisotopic (exact) mass is 296 g/mol. The number of aromatic nitrogens is 5. The molecular weight excluding hydrogens is 280 g/mol. The Morgan fingerprint density at radius 2 is 2.30 bits per heavy atom. The second kappa shape index (κ2) is 6.42. The third-order valence-corrected chi connectivity index (χ3v) is 3.58. The van der Waals surface area contributed by atoms with Gasteiger partial charge in [0.1, 0.15) is 6.33 Å². The van der Waals surface area contributed by atoms with Gasteiger partial charge in [0.05, 0.1) is 7.11 Å². The largest absolute Gasteiger partial charge is 0.490 e. The van der Waals surface area contributed by atoms with Crippen molar-refractivity contribution in [3.63, 3.8) is 0 Å². The van der Waals surface area contributed by atoms with Crippen molar-refractivity contribution in [1.82, 2.24) is 24.7 Å². The molecule has 0 unspecified atom stereocenters. The lowest BCUT2D eigenvalue weighted by molar-refractivity contribution is 0.400. The summed E-state index contributed by atoms with van der Waals surface area (Å²) >= 11 is 1.24. The topological polar surface area (TPSA) is 97.7 Å². The lowest BCUT2D eigenvalue weighted by atomic mass is 10.4. The van der Waals surface area contributed by atoms with Crippen LogP contribution in [0.1, 0.15) is 13.3 Å². The summed E-state index contributed by atoms with van der Waals surface area (Å²) in [6.07, 6.45) is 2.43. The highest BCUT2D eigenvalue weighted by molar-refractivity contribution is 7.99. The summed E-state index contributed by atoms with van der Waals surface area (Å²) in [6, 6.07) is 0. The van der Waals surface area contributed by atoms with E-state index in [4.69, 9.17) is 4.74 Å². The molecule has 9 heteroatoms. The predicted octanol–water partition coefficient (Wildman–Crippen LogP) is 0.880. The maximum Gasteiger partial charge on any atom is 0.343 e. The van der Waals surface area contributed by atoms with E-state index in [1.54, 1.807) is 14.2 Å². The maximum absolute atomic E-state index is 11.3. The van der Waals surface area contributed by atoms with Gasteiger partial charge < -0.3 is 10.1 Å². The van der Waals surface area contributed by atoms with Crippen LogP contribution in [-0.2, 0) is 7.05 Å². The Labute approximate surface area is 120 Å². The first kappa shape index (κ1) is 14.4. The molecule has 2 N–H and O–H groups in total. The van der Waals surface area contributed by atoms with Crippen molar-refractivity contribution in [3.05, 3.63) is 16.8 Å². The molecule has 8 nitrogen and oxygen atoms in total. The molecule has 0 radical (unpaired) electrons. The van der Waals surface area contributed by atoms with E-state index in [9.17, 15) is 4.79 Å². The Hall–Kier alpha value is -2.03. The molecule has 0 saturated heterocycles. The zero-order chi connectivity index (χ0) is 14.5. The third-order valence-electron chi connectivity index (χ3n) is 2.54. The number of anilines is 1. The molecule has 2 heterocycles. The zero-order valence-electron chi connectivity index (χ0n) is 11.5. The Bertz CT molecular complexity index is 638. The number of rotatable bonds is 6. The Balaban J connectivity index is 2.31. The van der Waals surface area contributed by atoms with E-state index in [1.807, 2.05) is 0 Å². The second-order valence-electron chi connectivity index (χ2n) is 3.96. The fourth-order valence-electron chi connectivity index (χ4n) is 1.49. The van der Waals surface area contributed by atoms with Gasteiger partial charge >= 0.3 is 5.69 Å². The lowest BCUT2D eigenvalue weighted by Crippen LogP contribution is -2.13. The van der Waals surface area contributed by atoms with Crippen molar-refractivity contribution in [2.75, 3.05) is 19.0 Å². The number of H-pyrrole nitrogens is 1. The van der Waals surface area contributed by atoms with Crippen LogP contribution in [0.4, 0.5) is 5.82 Å². The van der Waals surface area contributed by atoms with Gasteiger partial charge in [-0.3, -0.25) is 4.57 Å². The minimum atomic E-state index is -0.273. The molecule has 0 fully saturated rings. The zero-order valence-corrected chi connectivity index (χ0v) is 12.3. The fourth-order valence-corrected chi connectivity index (χ4v) is 2.35. The highest BCUT2D eigenvalue weighted by Crippen LogP contribution is 2.35. The molecule has 2 aromatic heterocycles. The van der Waals surface area contributed by atoms with Crippen molar-refractivity contribution < 1.29 is 4.74 Å². The third kappa shape index (κ3) is 2.93. The van der Waals surface area contributed by atoms with Crippen molar-refractivity contribution in [3.8, 4) is 5.75 Å². The van der Waals surface area contributed by atoms with Gasteiger partial charge in [-0.05, 0) is 18.2 Å². The van der Waals surface area contributed by atoms with Crippen LogP contribution >= 0.6 is 11.8 Å². The van der Waals surface area contributed by atoms with Crippen LogP contribution < -0.4 is 15.7 Å². The van der Waals surface area contributed by atoms with Crippen LogP contribution in [0.15, 0.2) is 21.3 Å². The number of hydrogen-bond acceptors (Lipinski definition) is 7. The first-order valence-corrected chi connectivity index (χ1v) is 6.91. The normalized spacial score (nSPS) is 10.6. The Morgan fingerprint density at radius 3 is 2.90 bits per heavy atom. The van der Waals surface area contributed by atoms with E-state index >= 15 is 0 Å². The summed E-state index contributed by atoms with van der Waals surface area (Å²) in [5.41, 5.74) is -0.273. The van der Waals surface area contributed by atoms with Crippen molar-refractivity contribution in [1.29, 1.82) is 0 Å². The van der Waals surface area contributed by atoms with Crippen molar-refractivity contribution in [2.24, 2.45) is 7.05 Å². The minimum Gasteiger partial charge on any atom is -0.490 e. The van der Waals surface area contributed by atoms with E-state index in [1.165, 1.54) is 22.7 Å². The standard InChI is InChI=1S/C11H16N6O2S/c1-4-5-12-8-7(19-3)9(14-6-13-8)20-11-16-15-10(18)17(11)2/h6H,4-5H2,1-3H3,(H,15,18)(H,12,13,14). The highest BCUT2D eigenvalue weighted by Gasteiger charge is 2.16. The molecule has 0 saturated carbocycles. The Kier molecular flexibility index (Phi) is 4.61. The summed E-state index contributed by atoms with van der Waals surface area (Å²) in [6.45, 7) is 2.86. The fraction of sp³-hybridized carbons (Fsp3) is 0.455. The first-order chi connectivity index (χ1) is 9.67. The van der Waals surface area contributed by atoms with Gasteiger partial charge in [0.2, 0.25) is 0 Å². The van der Waals surface area contributed by atoms with Crippen molar-refractivity contribution in [2.45, 2.75) is 23.5 Å². The van der Waals surface area contributed by atoms with Crippen LogP contribution in [0.3, 0.4) is 0 Å². The quantitative estimate of drug-likeness (QED) is 0.763. The average molecular weight is 296 g/mol. The van der Waals surface area contributed by atoms with Crippen LogP contribution in [0.2, 0.25) is 0 Å². The number of nitrogens with one attached hydrogen (secondary N) is 2. The number of nitrogens with zero attached hydrogens (tertiary/aromatic N) is 4. The van der Waals surface area contributed by atoms with Gasteiger partial charge in [0.15, 0.2) is 21.7 Å². The van der Waals surface area contributed by atoms with Gasteiger partial charge in [-0.2, -0.15) is 0 Å². The second-order valence-corrected chi connectivity index (χ2v) is 4.92. The number of methoxy groups -OCH3 is 1. The summed E-state index contributed by atoms with van der Waals surface area (Å²) < 4.78 is 6.77. The number of ether oxygens (including phenoxy) is 1. The average Bonchev–Trinajstić information content (AvgIpc) is 2.77. The molecule has 0 aromatic carbocycles. The molecule has 0 atom stereocenters. The smallest absolute Gasteiger partial charge is 0.343 e.